The number of aromatic nitrogens is 2. The lowest BCUT2D eigenvalue weighted by molar-refractivity contribution is 0.227. The van der Waals surface area contributed by atoms with Crippen LogP contribution in [0.5, 0.6) is 0 Å². The van der Waals surface area contributed by atoms with Gasteiger partial charge in [0.1, 0.15) is 12.1 Å². The standard InChI is InChI=1S/C13H23N5/c1-11(8-14)9-17-3-5-18(6-4-17)13-7-12(2)15-10-16-13/h7,10-11H,3-6,8-9,14H2,1-2H3. The van der Waals surface area contributed by atoms with Crippen LogP contribution in [0, 0.1) is 12.8 Å². The van der Waals surface area contributed by atoms with Gasteiger partial charge in [-0.2, -0.15) is 0 Å². The zero-order valence-corrected chi connectivity index (χ0v) is 11.3. The summed E-state index contributed by atoms with van der Waals surface area (Å²) in [6.07, 6.45) is 1.65. The molecular weight excluding hydrogens is 226 g/mol. The Morgan fingerprint density at radius 1 is 1.28 bits per heavy atom. The maximum Gasteiger partial charge on any atom is 0.132 e. The molecule has 1 fully saturated rings. The van der Waals surface area contributed by atoms with Crippen LogP contribution in [-0.4, -0.2) is 54.1 Å². The van der Waals surface area contributed by atoms with E-state index in [2.05, 4.69) is 32.8 Å². The maximum atomic E-state index is 5.67. The summed E-state index contributed by atoms with van der Waals surface area (Å²) in [7, 11) is 0. The third kappa shape index (κ3) is 3.40. The van der Waals surface area contributed by atoms with Crippen LogP contribution < -0.4 is 10.6 Å². The van der Waals surface area contributed by atoms with Crippen LogP contribution in [0.3, 0.4) is 0 Å². The molecule has 0 amide bonds. The topological polar surface area (TPSA) is 58.3 Å². The Labute approximate surface area is 109 Å². The molecule has 0 saturated carbocycles. The van der Waals surface area contributed by atoms with Crippen LogP contribution in [0.1, 0.15) is 12.6 Å². The van der Waals surface area contributed by atoms with Crippen molar-refractivity contribution in [1.82, 2.24) is 14.9 Å². The molecule has 1 saturated heterocycles. The molecule has 5 nitrogen and oxygen atoms in total. The molecule has 5 heteroatoms. The molecule has 0 bridgehead atoms. The number of hydrogen-bond acceptors (Lipinski definition) is 5. The van der Waals surface area contributed by atoms with Crippen molar-refractivity contribution < 1.29 is 0 Å². The van der Waals surface area contributed by atoms with Crippen LogP contribution in [0.15, 0.2) is 12.4 Å². The summed E-state index contributed by atoms with van der Waals surface area (Å²) >= 11 is 0. The summed E-state index contributed by atoms with van der Waals surface area (Å²) < 4.78 is 0. The number of nitrogens with two attached hydrogens (primary N) is 1. The molecular formula is C13H23N5. The fourth-order valence-corrected chi connectivity index (χ4v) is 2.29. The Hall–Kier alpha value is -1.20. The molecule has 1 aliphatic heterocycles. The van der Waals surface area contributed by atoms with Crippen molar-refractivity contribution in [2.75, 3.05) is 44.2 Å². The van der Waals surface area contributed by atoms with Crippen LogP contribution in [0.25, 0.3) is 0 Å². The number of piperazine rings is 1. The third-order valence-corrected chi connectivity index (χ3v) is 3.46. The fraction of sp³-hybridized carbons (Fsp3) is 0.692. The highest BCUT2D eigenvalue weighted by Gasteiger charge is 2.19. The van der Waals surface area contributed by atoms with Crippen LogP contribution in [0.4, 0.5) is 5.82 Å². The molecule has 0 radical (unpaired) electrons. The number of hydrogen-bond donors (Lipinski definition) is 1. The van der Waals surface area contributed by atoms with Crippen LogP contribution in [-0.2, 0) is 0 Å². The monoisotopic (exact) mass is 249 g/mol. The molecule has 1 aromatic heterocycles. The Bertz CT molecular complexity index is 373. The molecule has 0 aromatic carbocycles. The number of nitrogens with zero attached hydrogens (tertiary/aromatic N) is 4. The summed E-state index contributed by atoms with van der Waals surface area (Å²) in [5, 5.41) is 0. The van der Waals surface area contributed by atoms with Gasteiger partial charge in [-0.3, -0.25) is 4.90 Å². The van der Waals surface area contributed by atoms with Gasteiger partial charge in [0.15, 0.2) is 0 Å². The minimum absolute atomic E-state index is 0.581. The lowest BCUT2D eigenvalue weighted by Gasteiger charge is -2.36. The van der Waals surface area contributed by atoms with Crippen molar-refractivity contribution in [2.24, 2.45) is 11.7 Å². The van der Waals surface area contributed by atoms with E-state index < -0.39 is 0 Å². The molecule has 2 N–H and O–H groups in total. The van der Waals surface area contributed by atoms with E-state index in [1.807, 2.05) is 6.92 Å². The van der Waals surface area contributed by atoms with E-state index in [4.69, 9.17) is 5.73 Å². The fourth-order valence-electron chi connectivity index (χ4n) is 2.29. The second-order valence-corrected chi connectivity index (χ2v) is 5.15. The first-order chi connectivity index (χ1) is 8.69. The smallest absolute Gasteiger partial charge is 0.132 e. The van der Waals surface area contributed by atoms with E-state index in [0.717, 1.165) is 50.8 Å². The van der Waals surface area contributed by atoms with Gasteiger partial charge in [-0.1, -0.05) is 6.92 Å². The van der Waals surface area contributed by atoms with Crippen molar-refractivity contribution >= 4 is 5.82 Å². The number of anilines is 1. The summed E-state index contributed by atoms with van der Waals surface area (Å²) in [6.45, 7) is 10.3. The molecule has 1 aromatic rings. The van der Waals surface area contributed by atoms with Crippen molar-refractivity contribution in [3.63, 3.8) is 0 Å². The van der Waals surface area contributed by atoms with Crippen molar-refractivity contribution in [3.8, 4) is 0 Å². The van der Waals surface area contributed by atoms with Crippen LogP contribution in [0.2, 0.25) is 0 Å². The molecule has 100 valence electrons. The predicted octanol–water partition coefficient (Wildman–Crippen LogP) is 0.502. The second-order valence-electron chi connectivity index (χ2n) is 5.15. The van der Waals surface area contributed by atoms with Gasteiger partial charge in [-0.25, -0.2) is 9.97 Å². The first kappa shape index (κ1) is 13.2. The summed E-state index contributed by atoms with van der Waals surface area (Å²) in [6, 6.07) is 2.05. The van der Waals surface area contributed by atoms with Gasteiger partial charge in [0.2, 0.25) is 0 Å². The largest absolute Gasteiger partial charge is 0.354 e. The molecule has 18 heavy (non-hydrogen) atoms. The zero-order valence-electron chi connectivity index (χ0n) is 11.3. The van der Waals surface area contributed by atoms with E-state index >= 15 is 0 Å². The molecule has 2 heterocycles. The maximum absolute atomic E-state index is 5.67. The molecule has 0 aliphatic carbocycles. The van der Waals surface area contributed by atoms with Crippen LogP contribution >= 0.6 is 0 Å². The normalized spacial score (nSPS) is 18.9. The highest BCUT2D eigenvalue weighted by atomic mass is 15.3. The average molecular weight is 249 g/mol. The number of rotatable bonds is 4. The average Bonchev–Trinajstić information content (AvgIpc) is 2.39. The Morgan fingerprint density at radius 3 is 2.61 bits per heavy atom. The summed E-state index contributed by atoms with van der Waals surface area (Å²) in [5.41, 5.74) is 6.70. The highest BCUT2D eigenvalue weighted by molar-refractivity contribution is 5.39. The molecule has 0 spiro atoms. The van der Waals surface area contributed by atoms with Crippen molar-refractivity contribution in [1.29, 1.82) is 0 Å². The predicted molar refractivity (Wildman–Crippen MR) is 73.6 cm³/mol. The van der Waals surface area contributed by atoms with Crippen molar-refractivity contribution in [2.45, 2.75) is 13.8 Å². The van der Waals surface area contributed by atoms with E-state index in [0.29, 0.717) is 5.92 Å². The highest BCUT2D eigenvalue weighted by Crippen LogP contribution is 2.14. The summed E-state index contributed by atoms with van der Waals surface area (Å²) in [5.74, 6) is 1.63. The Morgan fingerprint density at radius 2 is 2.00 bits per heavy atom. The Kier molecular flexibility index (Phi) is 4.49. The van der Waals surface area contributed by atoms with Gasteiger partial charge in [0, 0.05) is 44.5 Å². The summed E-state index contributed by atoms with van der Waals surface area (Å²) in [4.78, 5) is 13.3. The van der Waals surface area contributed by atoms with E-state index in [9.17, 15) is 0 Å². The molecule has 1 aliphatic rings. The molecule has 1 atom stereocenters. The van der Waals surface area contributed by atoms with Crippen molar-refractivity contribution in [3.05, 3.63) is 18.1 Å². The van der Waals surface area contributed by atoms with Gasteiger partial charge in [-0.05, 0) is 19.4 Å². The quantitative estimate of drug-likeness (QED) is 0.842. The van der Waals surface area contributed by atoms with Gasteiger partial charge in [0.25, 0.3) is 0 Å². The minimum Gasteiger partial charge on any atom is -0.354 e. The van der Waals surface area contributed by atoms with Gasteiger partial charge in [-0.15, -0.1) is 0 Å². The first-order valence-electron chi connectivity index (χ1n) is 6.65. The second kappa shape index (κ2) is 6.11. The van der Waals surface area contributed by atoms with Gasteiger partial charge in [0.05, 0.1) is 0 Å². The lowest BCUT2D eigenvalue weighted by Crippen LogP contribution is -2.48. The molecule has 2 rings (SSSR count). The zero-order chi connectivity index (χ0) is 13.0. The van der Waals surface area contributed by atoms with Gasteiger partial charge >= 0.3 is 0 Å². The van der Waals surface area contributed by atoms with E-state index in [-0.39, 0.29) is 0 Å². The van der Waals surface area contributed by atoms with Gasteiger partial charge < -0.3 is 10.6 Å². The minimum atomic E-state index is 0.581. The van der Waals surface area contributed by atoms with E-state index in [1.54, 1.807) is 6.33 Å². The number of aryl methyl sites for hydroxylation is 1. The Balaban J connectivity index is 1.87. The van der Waals surface area contributed by atoms with E-state index in [1.165, 1.54) is 0 Å². The lowest BCUT2D eigenvalue weighted by atomic mass is 10.1. The first-order valence-corrected chi connectivity index (χ1v) is 6.65. The SMILES string of the molecule is Cc1cc(N2CCN(CC(C)CN)CC2)ncn1. The third-order valence-electron chi connectivity index (χ3n) is 3.46. The molecule has 1 unspecified atom stereocenters.